The molecule has 0 amide bonds. The number of hydrogen-bond donors (Lipinski definition) is 1. The quantitative estimate of drug-likeness (QED) is 0.698. The molecule has 0 unspecified atom stereocenters. The molecule has 0 aliphatic heterocycles. The zero-order valence-electron chi connectivity index (χ0n) is 8.53. The number of nitrogens with zero attached hydrogens (tertiary/aromatic N) is 2. The minimum Gasteiger partial charge on any atom is -0.374 e. The predicted octanol–water partition coefficient (Wildman–Crippen LogP) is 1.36. The summed E-state index contributed by atoms with van der Waals surface area (Å²) in [6.07, 6.45) is 2.95. The lowest BCUT2D eigenvalue weighted by atomic mass is 10.3. The average Bonchev–Trinajstić information content (AvgIpc) is 2.63. The van der Waals surface area contributed by atoms with Gasteiger partial charge in [0.15, 0.2) is 0 Å². The highest BCUT2D eigenvalue weighted by Gasteiger charge is 2.03. The minimum atomic E-state index is 0.591. The smallest absolute Gasteiger partial charge is 0.143 e. The third-order valence-corrected chi connectivity index (χ3v) is 2.63. The van der Waals surface area contributed by atoms with Gasteiger partial charge in [-0.1, -0.05) is 18.3 Å². The van der Waals surface area contributed by atoms with Crippen molar-refractivity contribution in [3.63, 3.8) is 0 Å². The Morgan fingerprint density at radius 3 is 2.86 bits per heavy atom. The first-order chi connectivity index (χ1) is 6.86. The van der Waals surface area contributed by atoms with Crippen molar-refractivity contribution in [3.05, 3.63) is 10.0 Å². The Bertz CT molecular complexity index is 252. The Balaban J connectivity index is 2.27. The monoisotopic (exact) mass is 215 g/mol. The molecule has 2 N–H and O–H groups in total. The molecule has 0 radical (unpaired) electrons. The molecule has 1 aromatic rings. The van der Waals surface area contributed by atoms with Gasteiger partial charge in [-0.15, -0.1) is 10.2 Å². The molecular weight excluding hydrogens is 198 g/mol. The topological polar surface area (TPSA) is 61.0 Å². The van der Waals surface area contributed by atoms with E-state index in [2.05, 4.69) is 17.1 Å². The van der Waals surface area contributed by atoms with Crippen LogP contribution in [-0.2, 0) is 17.8 Å². The van der Waals surface area contributed by atoms with Crippen LogP contribution in [0.5, 0.6) is 0 Å². The van der Waals surface area contributed by atoms with E-state index < -0.39 is 0 Å². The lowest BCUT2D eigenvalue weighted by Crippen LogP contribution is -1.99. The third-order valence-electron chi connectivity index (χ3n) is 1.68. The van der Waals surface area contributed by atoms with Crippen LogP contribution in [-0.4, -0.2) is 23.3 Å². The molecule has 0 fully saturated rings. The van der Waals surface area contributed by atoms with Gasteiger partial charge in [0.25, 0.3) is 0 Å². The van der Waals surface area contributed by atoms with Gasteiger partial charge in [0.05, 0.1) is 0 Å². The Kier molecular flexibility index (Phi) is 5.66. The number of hydrogen-bond acceptors (Lipinski definition) is 5. The molecule has 80 valence electrons. The van der Waals surface area contributed by atoms with E-state index in [4.69, 9.17) is 10.5 Å². The van der Waals surface area contributed by atoms with E-state index in [0.717, 1.165) is 35.9 Å². The maximum Gasteiger partial charge on any atom is 0.143 e. The highest BCUT2D eigenvalue weighted by atomic mass is 32.1. The van der Waals surface area contributed by atoms with Gasteiger partial charge >= 0.3 is 0 Å². The second-order valence-electron chi connectivity index (χ2n) is 3.03. The Morgan fingerprint density at radius 2 is 2.14 bits per heavy atom. The van der Waals surface area contributed by atoms with E-state index in [1.54, 1.807) is 11.3 Å². The van der Waals surface area contributed by atoms with Gasteiger partial charge in [0.2, 0.25) is 0 Å². The summed E-state index contributed by atoms with van der Waals surface area (Å²) >= 11 is 1.62. The van der Waals surface area contributed by atoms with Gasteiger partial charge in [-0.05, 0) is 19.4 Å². The molecule has 0 saturated heterocycles. The minimum absolute atomic E-state index is 0.591. The molecule has 14 heavy (non-hydrogen) atoms. The summed E-state index contributed by atoms with van der Waals surface area (Å²) in [4.78, 5) is 0. The zero-order chi connectivity index (χ0) is 10.2. The molecular formula is C9H17N3OS. The Hall–Kier alpha value is -0.520. The zero-order valence-corrected chi connectivity index (χ0v) is 9.35. The largest absolute Gasteiger partial charge is 0.374 e. The average molecular weight is 215 g/mol. The summed E-state index contributed by atoms with van der Waals surface area (Å²) in [5.41, 5.74) is 5.41. The molecule has 0 bridgehead atoms. The first-order valence-corrected chi connectivity index (χ1v) is 5.77. The maximum atomic E-state index is 5.41. The number of rotatable bonds is 7. The molecule has 4 nitrogen and oxygen atoms in total. The summed E-state index contributed by atoms with van der Waals surface area (Å²) in [5, 5.41) is 10.1. The maximum absolute atomic E-state index is 5.41. The SMILES string of the molecule is CCCOCc1nnc(CCCN)s1. The summed E-state index contributed by atoms with van der Waals surface area (Å²) < 4.78 is 5.37. The van der Waals surface area contributed by atoms with Gasteiger partial charge in [-0.25, -0.2) is 0 Å². The van der Waals surface area contributed by atoms with Crippen molar-refractivity contribution in [1.82, 2.24) is 10.2 Å². The summed E-state index contributed by atoms with van der Waals surface area (Å²) in [7, 11) is 0. The van der Waals surface area contributed by atoms with Gasteiger partial charge in [-0.2, -0.15) is 0 Å². The van der Waals surface area contributed by atoms with Crippen LogP contribution in [0.4, 0.5) is 0 Å². The fourth-order valence-corrected chi connectivity index (χ4v) is 1.83. The summed E-state index contributed by atoms with van der Waals surface area (Å²) in [6, 6.07) is 0. The van der Waals surface area contributed by atoms with E-state index in [-0.39, 0.29) is 0 Å². The van der Waals surface area contributed by atoms with Crippen molar-refractivity contribution in [1.29, 1.82) is 0 Å². The van der Waals surface area contributed by atoms with Crippen molar-refractivity contribution in [3.8, 4) is 0 Å². The molecule has 1 heterocycles. The highest BCUT2D eigenvalue weighted by molar-refractivity contribution is 7.11. The van der Waals surface area contributed by atoms with E-state index in [1.165, 1.54) is 0 Å². The van der Waals surface area contributed by atoms with E-state index in [9.17, 15) is 0 Å². The van der Waals surface area contributed by atoms with Gasteiger partial charge in [-0.3, -0.25) is 0 Å². The van der Waals surface area contributed by atoms with Crippen LogP contribution in [0.3, 0.4) is 0 Å². The molecule has 1 aromatic heterocycles. The van der Waals surface area contributed by atoms with Crippen LogP contribution in [0.2, 0.25) is 0 Å². The molecule has 0 aromatic carbocycles. The first kappa shape index (κ1) is 11.6. The molecule has 0 atom stereocenters. The summed E-state index contributed by atoms with van der Waals surface area (Å²) in [5.74, 6) is 0. The van der Waals surface area contributed by atoms with Gasteiger partial charge in [0, 0.05) is 13.0 Å². The standard InChI is InChI=1S/C9H17N3OS/c1-2-6-13-7-9-12-11-8(14-9)4-3-5-10/h2-7,10H2,1H3. The molecule has 0 saturated carbocycles. The molecule has 5 heteroatoms. The molecule has 1 rings (SSSR count). The number of aryl methyl sites for hydroxylation is 1. The van der Waals surface area contributed by atoms with Crippen LogP contribution in [0, 0.1) is 0 Å². The Morgan fingerprint density at radius 1 is 1.36 bits per heavy atom. The van der Waals surface area contributed by atoms with Crippen molar-refractivity contribution < 1.29 is 4.74 Å². The fraction of sp³-hybridized carbons (Fsp3) is 0.778. The summed E-state index contributed by atoms with van der Waals surface area (Å²) in [6.45, 7) is 4.18. The van der Waals surface area contributed by atoms with Crippen LogP contribution < -0.4 is 5.73 Å². The molecule has 0 aliphatic rings. The molecule has 0 aliphatic carbocycles. The lowest BCUT2D eigenvalue weighted by molar-refractivity contribution is 0.121. The number of ether oxygens (including phenoxy) is 1. The van der Waals surface area contributed by atoms with Crippen LogP contribution in [0.25, 0.3) is 0 Å². The van der Waals surface area contributed by atoms with E-state index >= 15 is 0 Å². The normalized spacial score (nSPS) is 10.7. The predicted molar refractivity (Wildman–Crippen MR) is 57.2 cm³/mol. The van der Waals surface area contributed by atoms with Crippen LogP contribution in [0.15, 0.2) is 0 Å². The van der Waals surface area contributed by atoms with E-state index in [1.807, 2.05) is 0 Å². The van der Waals surface area contributed by atoms with Crippen LogP contribution in [0.1, 0.15) is 29.8 Å². The number of aromatic nitrogens is 2. The van der Waals surface area contributed by atoms with E-state index in [0.29, 0.717) is 13.2 Å². The highest BCUT2D eigenvalue weighted by Crippen LogP contribution is 2.12. The van der Waals surface area contributed by atoms with Crippen molar-refractivity contribution in [2.45, 2.75) is 32.8 Å². The van der Waals surface area contributed by atoms with Gasteiger partial charge in [0.1, 0.15) is 16.6 Å². The Labute approximate surface area is 88.5 Å². The fourth-order valence-electron chi connectivity index (χ4n) is 1.00. The van der Waals surface area contributed by atoms with Crippen molar-refractivity contribution in [2.24, 2.45) is 5.73 Å². The third kappa shape index (κ3) is 4.13. The second kappa shape index (κ2) is 6.86. The number of nitrogens with two attached hydrogens (primary N) is 1. The second-order valence-corrected chi connectivity index (χ2v) is 4.18. The lowest BCUT2D eigenvalue weighted by Gasteiger charge is -1.96. The van der Waals surface area contributed by atoms with Crippen LogP contribution >= 0.6 is 11.3 Å². The van der Waals surface area contributed by atoms with Crippen molar-refractivity contribution >= 4 is 11.3 Å². The van der Waals surface area contributed by atoms with Gasteiger partial charge < -0.3 is 10.5 Å². The first-order valence-electron chi connectivity index (χ1n) is 4.96. The molecule has 0 spiro atoms. The van der Waals surface area contributed by atoms with Crippen molar-refractivity contribution in [2.75, 3.05) is 13.2 Å².